The minimum atomic E-state index is -0.245. The molecular formula is C26H21ClFN3OS. The first kappa shape index (κ1) is 21.7. The second-order valence-corrected chi connectivity index (χ2v) is 9.17. The monoisotopic (exact) mass is 477 g/mol. The molecule has 0 saturated carbocycles. The molecule has 1 aromatic heterocycles. The Labute approximate surface area is 202 Å². The SMILES string of the molecule is O=C(C[n+]1cc(-c2ccc(F)cc2)n2c1CCC2)N1c2ccccc2Sc2ccccc21.[Cl-]. The van der Waals surface area contributed by atoms with Gasteiger partial charge < -0.3 is 12.4 Å². The molecule has 3 heterocycles. The Balaban J connectivity index is 0.00000228. The highest BCUT2D eigenvalue weighted by Gasteiger charge is 2.33. The van der Waals surface area contributed by atoms with E-state index in [0.717, 1.165) is 57.6 Å². The third kappa shape index (κ3) is 3.73. The summed E-state index contributed by atoms with van der Waals surface area (Å²) in [5.74, 6) is 0.928. The van der Waals surface area contributed by atoms with Crippen LogP contribution in [0.3, 0.4) is 0 Å². The molecule has 4 aromatic rings. The average molecular weight is 478 g/mol. The number of carbonyl (C=O) groups is 1. The number of para-hydroxylation sites is 2. The molecule has 0 radical (unpaired) electrons. The summed E-state index contributed by atoms with van der Waals surface area (Å²) in [6.07, 6.45) is 4.01. The maximum Gasteiger partial charge on any atom is 0.273 e. The van der Waals surface area contributed by atoms with E-state index in [-0.39, 0.29) is 30.7 Å². The molecule has 2 aliphatic rings. The number of amides is 1. The Morgan fingerprint density at radius 2 is 1.58 bits per heavy atom. The van der Waals surface area contributed by atoms with E-state index in [2.05, 4.69) is 21.3 Å². The molecule has 0 spiro atoms. The van der Waals surface area contributed by atoms with Crippen LogP contribution in [0.5, 0.6) is 0 Å². The number of carbonyl (C=O) groups excluding carboxylic acids is 1. The molecule has 0 bridgehead atoms. The normalized spacial score (nSPS) is 13.7. The first-order valence-corrected chi connectivity index (χ1v) is 11.6. The number of aromatic nitrogens is 2. The summed E-state index contributed by atoms with van der Waals surface area (Å²) in [6, 6.07) is 22.7. The van der Waals surface area contributed by atoms with E-state index in [4.69, 9.17) is 0 Å². The van der Waals surface area contributed by atoms with Gasteiger partial charge in [-0.05, 0) is 55.0 Å². The Morgan fingerprint density at radius 1 is 0.939 bits per heavy atom. The van der Waals surface area contributed by atoms with Crippen LogP contribution in [0, 0.1) is 5.82 Å². The number of imidazole rings is 1. The standard InChI is InChI=1S/C26H21FN3OS.ClH/c27-19-13-11-18(12-14-19)22-16-28(25-10-5-15-29(22)25)17-26(31)30-20-6-1-3-8-23(20)32-24-9-4-2-7-21(24)30;/h1-4,6-9,11-14,16H,5,10,15,17H2;1H/q+1;/p-1. The number of fused-ring (bicyclic) bond motifs is 3. The molecule has 6 rings (SSSR count). The van der Waals surface area contributed by atoms with Crippen molar-refractivity contribution in [2.45, 2.75) is 35.7 Å². The highest BCUT2D eigenvalue weighted by atomic mass is 35.5. The molecule has 3 aromatic carbocycles. The first-order chi connectivity index (χ1) is 15.7. The molecule has 0 saturated heterocycles. The largest absolute Gasteiger partial charge is 1.00 e. The van der Waals surface area contributed by atoms with Gasteiger partial charge in [0, 0.05) is 15.4 Å². The van der Waals surface area contributed by atoms with E-state index in [1.807, 2.05) is 47.5 Å². The summed E-state index contributed by atoms with van der Waals surface area (Å²) in [7, 11) is 0. The molecule has 166 valence electrons. The molecule has 0 fully saturated rings. The van der Waals surface area contributed by atoms with Crippen molar-refractivity contribution in [1.29, 1.82) is 0 Å². The van der Waals surface area contributed by atoms with E-state index < -0.39 is 0 Å². The van der Waals surface area contributed by atoms with Crippen molar-refractivity contribution in [2.75, 3.05) is 4.90 Å². The van der Waals surface area contributed by atoms with E-state index in [1.54, 1.807) is 23.9 Å². The number of rotatable bonds is 3. The molecule has 33 heavy (non-hydrogen) atoms. The van der Waals surface area contributed by atoms with Crippen LogP contribution in [-0.2, 0) is 24.3 Å². The van der Waals surface area contributed by atoms with Gasteiger partial charge in [0.25, 0.3) is 11.7 Å². The van der Waals surface area contributed by atoms with Crippen molar-refractivity contribution in [3.63, 3.8) is 0 Å². The lowest BCUT2D eigenvalue weighted by atomic mass is 10.1. The first-order valence-electron chi connectivity index (χ1n) is 10.8. The number of benzene rings is 3. The van der Waals surface area contributed by atoms with Crippen LogP contribution in [0.25, 0.3) is 11.3 Å². The molecule has 1 amide bonds. The second-order valence-electron chi connectivity index (χ2n) is 8.09. The van der Waals surface area contributed by atoms with Gasteiger partial charge in [-0.3, -0.25) is 9.69 Å². The number of hydrogen-bond acceptors (Lipinski definition) is 2. The van der Waals surface area contributed by atoms with Crippen molar-refractivity contribution >= 4 is 29.0 Å². The highest BCUT2D eigenvalue weighted by Crippen LogP contribution is 2.47. The van der Waals surface area contributed by atoms with Crippen molar-refractivity contribution in [3.05, 3.63) is 90.6 Å². The van der Waals surface area contributed by atoms with E-state index in [0.29, 0.717) is 0 Å². The Kier molecular flexibility index (Phi) is 5.72. The van der Waals surface area contributed by atoms with Crippen LogP contribution in [0.1, 0.15) is 12.2 Å². The molecule has 0 aliphatic carbocycles. The maximum absolute atomic E-state index is 13.7. The van der Waals surface area contributed by atoms with Gasteiger partial charge in [-0.1, -0.05) is 36.0 Å². The zero-order valence-corrected chi connectivity index (χ0v) is 19.3. The molecule has 4 nitrogen and oxygen atoms in total. The van der Waals surface area contributed by atoms with Crippen LogP contribution in [0.2, 0.25) is 0 Å². The molecule has 0 unspecified atom stereocenters. The number of hydrogen-bond donors (Lipinski definition) is 0. The Hall–Kier alpha value is -3.09. The predicted octanol–water partition coefficient (Wildman–Crippen LogP) is 2.36. The third-order valence-electron chi connectivity index (χ3n) is 6.12. The fourth-order valence-electron chi connectivity index (χ4n) is 4.69. The summed E-state index contributed by atoms with van der Waals surface area (Å²) >= 11 is 1.70. The van der Waals surface area contributed by atoms with Crippen molar-refractivity contribution in [1.82, 2.24) is 4.57 Å². The molecule has 2 aliphatic heterocycles. The fraction of sp³-hybridized carbons (Fsp3) is 0.154. The molecule has 0 N–H and O–H groups in total. The van der Waals surface area contributed by atoms with Gasteiger partial charge in [0.2, 0.25) is 0 Å². The van der Waals surface area contributed by atoms with Crippen LogP contribution in [0.15, 0.2) is 88.8 Å². The predicted molar refractivity (Wildman–Crippen MR) is 122 cm³/mol. The third-order valence-corrected chi connectivity index (χ3v) is 7.25. The summed E-state index contributed by atoms with van der Waals surface area (Å²) in [4.78, 5) is 17.7. The van der Waals surface area contributed by atoms with Crippen molar-refractivity contribution in [3.8, 4) is 11.3 Å². The van der Waals surface area contributed by atoms with Gasteiger partial charge in [0.15, 0.2) is 12.2 Å². The molecule has 0 atom stereocenters. The lowest BCUT2D eigenvalue weighted by Gasteiger charge is -2.30. The van der Waals surface area contributed by atoms with Crippen molar-refractivity contribution < 1.29 is 26.2 Å². The number of halogens is 2. The molecule has 7 heteroatoms. The lowest BCUT2D eigenvalue weighted by Crippen LogP contribution is -3.00. The summed E-state index contributed by atoms with van der Waals surface area (Å²) < 4.78 is 17.8. The smallest absolute Gasteiger partial charge is 0.273 e. The number of anilines is 2. The second kappa shape index (κ2) is 8.69. The zero-order valence-electron chi connectivity index (χ0n) is 17.7. The minimum Gasteiger partial charge on any atom is -1.00 e. The highest BCUT2D eigenvalue weighted by molar-refractivity contribution is 7.99. The van der Waals surface area contributed by atoms with Gasteiger partial charge in [-0.15, -0.1) is 0 Å². The van der Waals surface area contributed by atoms with E-state index in [1.165, 1.54) is 12.1 Å². The average Bonchev–Trinajstić information content (AvgIpc) is 3.42. The maximum atomic E-state index is 13.7. The topological polar surface area (TPSA) is 29.1 Å². The van der Waals surface area contributed by atoms with Gasteiger partial charge >= 0.3 is 0 Å². The van der Waals surface area contributed by atoms with Gasteiger partial charge in [-0.25, -0.2) is 13.5 Å². The molecular weight excluding hydrogens is 457 g/mol. The lowest BCUT2D eigenvalue weighted by molar-refractivity contribution is -0.690. The van der Waals surface area contributed by atoms with E-state index >= 15 is 0 Å². The minimum absolute atomic E-state index is 0. The van der Waals surface area contributed by atoms with Crippen molar-refractivity contribution in [2.24, 2.45) is 0 Å². The van der Waals surface area contributed by atoms with Crippen LogP contribution < -0.4 is 21.9 Å². The van der Waals surface area contributed by atoms with E-state index in [9.17, 15) is 9.18 Å². The zero-order chi connectivity index (χ0) is 21.7. The van der Waals surface area contributed by atoms with Crippen LogP contribution >= 0.6 is 11.8 Å². The number of nitrogens with zero attached hydrogens (tertiary/aromatic N) is 3. The fourth-order valence-corrected chi connectivity index (χ4v) is 5.74. The van der Waals surface area contributed by atoms with Gasteiger partial charge in [0.1, 0.15) is 12.0 Å². The summed E-state index contributed by atoms with van der Waals surface area (Å²) in [6.45, 7) is 1.17. The Bertz CT molecular complexity index is 1310. The summed E-state index contributed by atoms with van der Waals surface area (Å²) in [5, 5.41) is 0. The summed E-state index contributed by atoms with van der Waals surface area (Å²) in [5.41, 5.74) is 3.85. The quantitative estimate of drug-likeness (QED) is 0.424. The Morgan fingerprint density at radius 3 is 2.24 bits per heavy atom. The van der Waals surface area contributed by atoms with Gasteiger partial charge in [-0.2, -0.15) is 0 Å². The van der Waals surface area contributed by atoms with Gasteiger partial charge in [0.05, 0.1) is 24.3 Å². The van der Waals surface area contributed by atoms with Crippen LogP contribution in [-0.4, -0.2) is 10.5 Å². The van der Waals surface area contributed by atoms with Crippen LogP contribution in [0.4, 0.5) is 15.8 Å².